The fourth-order valence-corrected chi connectivity index (χ4v) is 5.03. The number of nitrogens with zero attached hydrogens (tertiary/aromatic N) is 3. The first-order valence-electron chi connectivity index (χ1n) is 12.7. The van der Waals surface area contributed by atoms with Crippen LogP contribution < -0.4 is 4.74 Å². The number of carbonyl (C=O) groups excluding carboxylic acids is 1. The Hall–Kier alpha value is -4.36. The second-order valence-electron chi connectivity index (χ2n) is 9.16. The summed E-state index contributed by atoms with van der Waals surface area (Å²) in [6.07, 6.45) is 4.37. The summed E-state index contributed by atoms with van der Waals surface area (Å²) >= 11 is 1.55. The molecule has 0 spiro atoms. The lowest BCUT2D eigenvalue weighted by atomic mass is 10.1. The zero-order valence-corrected chi connectivity index (χ0v) is 22.2. The minimum Gasteiger partial charge on any atom is -0.493 e. The molecule has 0 aliphatic rings. The van der Waals surface area contributed by atoms with Crippen molar-refractivity contribution in [3.8, 4) is 16.3 Å². The van der Waals surface area contributed by atoms with Crippen molar-refractivity contribution >= 4 is 17.2 Å². The molecule has 0 unspecified atom stereocenters. The summed E-state index contributed by atoms with van der Waals surface area (Å²) in [7, 11) is 0. The number of hydrogen-bond donors (Lipinski definition) is 0. The SMILES string of the molecule is O=C(Cc1csc(-c2ccccc2)n1)N(Cc1ccncc1)Cc1cccc(OCCc2ccc(F)cc2)c1. The Balaban J connectivity index is 1.26. The molecule has 196 valence electrons. The Morgan fingerprint density at radius 3 is 2.41 bits per heavy atom. The highest BCUT2D eigenvalue weighted by molar-refractivity contribution is 7.13. The molecule has 2 aromatic heterocycles. The highest BCUT2D eigenvalue weighted by atomic mass is 32.1. The molecule has 5 nitrogen and oxygen atoms in total. The summed E-state index contributed by atoms with van der Waals surface area (Å²) in [4.78, 5) is 24.2. The van der Waals surface area contributed by atoms with Crippen molar-refractivity contribution in [1.82, 2.24) is 14.9 Å². The molecular formula is C32H28FN3O2S. The van der Waals surface area contributed by atoms with Crippen LogP contribution in [-0.2, 0) is 30.7 Å². The zero-order valence-electron chi connectivity index (χ0n) is 21.4. The van der Waals surface area contributed by atoms with Crippen LogP contribution in [0.1, 0.15) is 22.4 Å². The minimum atomic E-state index is -0.246. The quantitative estimate of drug-likeness (QED) is 0.187. The predicted octanol–water partition coefficient (Wildman–Crippen LogP) is 6.74. The molecule has 0 fully saturated rings. The van der Waals surface area contributed by atoms with Gasteiger partial charge in [0.25, 0.3) is 0 Å². The maximum absolute atomic E-state index is 13.5. The molecule has 5 rings (SSSR count). The van der Waals surface area contributed by atoms with E-state index in [1.807, 2.05) is 77.0 Å². The topological polar surface area (TPSA) is 55.3 Å². The second-order valence-corrected chi connectivity index (χ2v) is 10.0. The standard InChI is InChI=1S/C32H28FN3O2S/c33-28-11-9-24(10-12-28)15-18-38-30-8-4-5-26(19-30)22-36(21-25-13-16-34-17-14-25)31(37)20-29-23-39-32(35-29)27-6-2-1-3-7-27/h1-14,16-17,19,23H,15,18,20-22H2. The van der Waals surface area contributed by atoms with E-state index in [9.17, 15) is 9.18 Å². The Kier molecular flexibility index (Phi) is 8.71. The number of pyridine rings is 1. The van der Waals surface area contributed by atoms with Crippen LogP contribution in [-0.4, -0.2) is 27.4 Å². The van der Waals surface area contributed by atoms with Gasteiger partial charge in [0.15, 0.2) is 0 Å². The molecule has 0 saturated carbocycles. The van der Waals surface area contributed by atoms with Gasteiger partial charge >= 0.3 is 0 Å². The molecule has 0 saturated heterocycles. The van der Waals surface area contributed by atoms with E-state index in [2.05, 4.69) is 4.98 Å². The highest BCUT2D eigenvalue weighted by Gasteiger charge is 2.18. The third kappa shape index (κ3) is 7.58. The van der Waals surface area contributed by atoms with E-state index >= 15 is 0 Å². The van der Waals surface area contributed by atoms with Crippen LogP contribution in [0, 0.1) is 5.82 Å². The number of rotatable bonds is 11. The van der Waals surface area contributed by atoms with Crippen molar-refractivity contribution in [2.45, 2.75) is 25.9 Å². The largest absolute Gasteiger partial charge is 0.493 e. The molecule has 0 bridgehead atoms. The monoisotopic (exact) mass is 537 g/mol. The van der Waals surface area contributed by atoms with E-state index in [0.29, 0.717) is 26.1 Å². The van der Waals surface area contributed by atoms with Crippen molar-refractivity contribution in [3.63, 3.8) is 0 Å². The lowest BCUT2D eigenvalue weighted by Gasteiger charge is -2.23. The van der Waals surface area contributed by atoms with Gasteiger partial charge in [0, 0.05) is 42.8 Å². The van der Waals surface area contributed by atoms with Crippen molar-refractivity contribution in [3.05, 3.63) is 137 Å². The van der Waals surface area contributed by atoms with Crippen LogP contribution in [0.5, 0.6) is 5.75 Å². The van der Waals surface area contributed by atoms with Crippen LogP contribution in [0.2, 0.25) is 0 Å². The molecule has 0 aliphatic carbocycles. The number of carbonyl (C=O) groups is 1. The van der Waals surface area contributed by atoms with Gasteiger partial charge in [0.2, 0.25) is 5.91 Å². The third-order valence-corrected chi connectivity index (χ3v) is 7.17. The summed E-state index contributed by atoms with van der Waals surface area (Å²) in [6, 6.07) is 28.1. The highest BCUT2D eigenvalue weighted by Crippen LogP contribution is 2.24. The van der Waals surface area contributed by atoms with Gasteiger partial charge in [-0.2, -0.15) is 0 Å². The Morgan fingerprint density at radius 2 is 1.62 bits per heavy atom. The van der Waals surface area contributed by atoms with Crippen LogP contribution in [0.15, 0.2) is 109 Å². The fourth-order valence-electron chi connectivity index (χ4n) is 4.20. The van der Waals surface area contributed by atoms with E-state index in [0.717, 1.165) is 38.7 Å². The van der Waals surface area contributed by atoms with Gasteiger partial charge in [-0.1, -0.05) is 54.6 Å². The Morgan fingerprint density at radius 1 is 0.846 bits per heavy atom. The number of benzene rings is 3. The average molecular weight is 538 g/mol. The number of hydrogen-bond acceptors (Lipinski definition) is 5. The predicted molar refractivity (Wildman–Crippen MR) is 152 cm³/mol. The van der Waals surface area contributed by atoms with Crippen LogP contribution in [0.3, 0.4) is 0 Å². The van der Waals surface area contributed by atoms with Crippen LogP contribution >= 0.6 is 11.3 Å². The summed E-state index contributed by atoms with van der Waals surface area (Å²) in [5.41, 5.74) is 4.81. The normalized spacial score (nSPS) is 10.8. The van der Waals surface area contributed by atoms with Gasteiger partial charge < -0.3 is 9.64 Å². The molecule has 2 heterocycles. The van der Waals surface area contributed by atoms with Gasteiger partial charge in [-0.3, -0.25) is 9.78 Å². The minimum absolute atomic E-state index is 0.000597. The molecule has 1 amide bonds. The molecule has 0 atom stereocenters. The first kappa shape index (κ1) is 26.3. The van der Waals surface area contributed by atoms with Crippen molar-refractivity contribution in [2.75, 3.05) is 6.61 Å². The van der Waals surface area contributed by atoms with E-state index in [1.54, 1.807) is 35.9 Å². The van der Waals surface area contributed by atoms with E-state index in [4.69, 9.17) is 9.72 Å². The van der Waals surface area contributed by atoms with Crippen LogP contribution in [0.4, 0.5) is 4.39 Å². The molecule has 39 heavy (non-hydrogen) atoms. The van der Waals surface area contributed by atoms with Gasteiger partial charge in [-0.15, -0.1) is 11.3 Å². The molecule has 3 aromatic carbocycles. The Labute approximate surface area is 231 Å². The smallest absolute Gasteiger partial charge is 0.229 e. The number of amides is 1. The first-order chi connectivity index (χ1) is 19.1. The van der Waals surface area contributed by atoms with Gasteiger partial charge in [0.05, 0.1) is 18.7 Å². The van der Waals surface area contributed by atoms with E-state index in [-0.39, 0.29) is 18.1 Å². The summed E-state index contributed by atoms with van der Waals surface area (Å²) < 4.78 is 19.1. The van der Waals surface area contributed by atoms with E-state index < -0.39 is 0 Å². The van der Waals surface area contributed by atoms with Gasteiger partial charge in [-0.25, -0.2) is 9.37 Å². The molecule has 0 radical (unpaired) electrons. The van der Waals surface area contributed by atoms with Crippen molar-refractivity contribution in [2.24, 2.45) is 0 Å². The van der Waals surface area contributed by atoms with E-state index in [1.165, 1.54) is 12.1 Å². The maximum Gasteiger partial charge on any atom is 0.229 e. The van der Waals surface area contributed by atoms with Crippen molar-refractivity contribution < 1.29 is 13.9 Å². The third-order valence-electron chi connectivity index (χ3n) is 6.22. The van der Waals surface area contributed by atoms with Crippen LogP contribution in [0.25, 0.3) is 10.6 Å². The van der Waals surface area contributed by atoms with Gasteiger partial charge in [-0.05, 0) is 53.1 Å². The molecule has 5 aromatic rings. The molecule has 7 heteroatoms. The average Bonchev–Trinajstić information content (AvgIpc) is 3.43. The lowest BCUT2D eigenvalue weighted by Crippen LogP contribution is -2.31. The number of thiazole rings is 1. The second kappa shape index (κ2) is 12.9. The zero-order chi connectivity index (χ0) is 26.9. The fraction of sp³-hybridized carbons (Fsp3) is 0.156. The number of ether oxygens (including phenoxy) is 1. The molecular weight excluding hydrogens is 509 g/mol. The number of halogens is 1. The molecule has 0 N–H and O–H groups in total. The lowest BCUT2D eigenvalue weighted by molar-refractivity contribution is -0.131. The summed E-state index contributed by atoms with van der Waals surface area (Å²) in [6.45, 7) is 1.38. The summed E-state index contributed by atoms with van der Waals surface area (Å²) in [5, 5.41) is 2.87. The number of aromatic nitrogens is 2. The maximum atomic E-state index is 13.5. The van der Waals surface area contributed by atoms with Gasteiger partial charge in [0.1, 0.15) is 16.6 Å². The first-order valence-corrected chi connectivity index (χ1v) is 13.6. The summed E-state index contributed by atoms with van der Waals surface area (Å²) in [5.74, 6) is 0.488. The Bertz CT molecular complexity index is 1490. The molecule has 0 aliphatic heterocycles. The van der Waals surface area contributed by atoms with Crippen molar-refractivity contribution in [1.29, 1.82) is 0 Å².